The summed E-state index contributed by atoms with van der Waals surface area (Å²) < 4.78 is 10.4. The number of rotatable bonds is 4. The Balaban J connectivity index is 1.80. The number of esters is 1. The molecule has 3 rings (SSSR count). The maximum atomic E-state index is 12.3. The Morgan fingerprint density at radius 3 is 2.52 bits per heavy atom. The molecule has 0 aliphatic rings. The standard InChI is InChI=1S/C19H15NO5/c1-2-24-19(23)12-7-9-13(10-8-12)20-18(22)17-11-15(21)14-5-3-4-6-16(14)25-17/h3-11H,2H2,1H3,(H,20,22). The fraction of sp³-hybridized carbons (Fsp3) is 0.105. The first kappa shape index (κ1) is 16.4. The molecule has 0 saturated heterocycles. The minimum atomic E-state index is -0.549. The van der Waals surface area contributed by atoms with Crippen LogP contribution >= 0.6 is 0 Å². The van der Waals surface area contributed by atoms with Crippen LogP contribution in [-0.4, -0.2) is 18.5 Å². The zero-order valence-electron chi connectivity index (χ0n) is 13.4. The summed E-state index contributed by atoms with van der Waals surface area (Å²) in [5.74, 6) is -1.06. The predicted octanol–water partition coefficient (Wildman–Crippen LogP) is 3.22. The zero-order chi connectivity index (χ0) is 17.8. The van der Waals surface area contributed by atoms with Crippen molar-refractivity contribution in [1.29, 1.82) is 0 Å². The van der Waals surface area contributed by atoms with E-state index in [2.05, 4.69) is 5.32 Å². The second-order valence-electron chi connectivity index (χ2n) is 5.22. The Kier molecular flexibility index (Phi) is 4.61. The lowest BCUT2D eigenvalue weighted by atomic mass is 10.2. The Labute approximate surface area is 143 Å². The molecule has 1 amide bonds. The van der Waals surface area contributed by atoms with Crippen molar-refractivity contribution in [3.63, 3.8) is 0 Å². The van der Waals surface area contributed by atoms with Crippen LogP contribution in [-0.2, 0) is 4.74 Å². The predicted molar refractivity (Wildman–Crippen MR) is 92.8 cm³/mol. The van der Waals surface area contributed by atoms with Crippen molar-refractivity contribution in [2.75, 3.05) is 11.9 Å². The van der Waals surface area contributed by atoms with Crippen LogP contribution in [0.2, 0.25) is 0 Å². The molecule has 0 spiro atoms. The molecule has 3 aromatic rings. The molecule has 0 atom stereocenters. The highest BCUT2D eigenvalue weighted by atomic mass is 16.5. The van der Waals surface area contributed by atoms with Crippen LogP contribution in [0.4, 0.5) is 5.69 Å². The fourth-order valence-electron chi connectivity index (χ4n) is 2.31. The van der Waals surface area contributed by atoms with Gasteiger partial charge in [0.2, 0.25) is 0 Å². The van der Waals surface area contributed by atoms with Gasteiger partial charge in [-0.1, -0.05) is 12.1 Å². The van der Waals surface area contributed by atoms with Gasteiger partial charge in [0.15, 0.2) is 11.2 Å². The molecular weight excluding hydrogens is 322 g/mol. The summed E-state index contributed by atoms with van der Waals surface area (Å²) in [5, 5.41) is 3.04. The number of ether oxygens (including phenoxy) is 1. The highest BCUT2D eigenvalue weighted by Crippen LogP contribution is 2.15. The van der Waals surface area contributed by atoms with Crippen LogP contribution in [0.3, 0.4) is 0 Å². The third kappa shape index (κ3) is 3.58. The maximum absolute atomic E-state index is 12.3. The molecule has 2 aromatic carbocycles. The van der Waals surface area contributed by atoms with Crippen LogP contribution in [0.15, 0.2) is 63.8 Å². The minimum Gasteiger partial charge on any atom is -0.462 e. The number of carbonyl (C=O) groups is 2. The normalized spacial score (nSPS) is 10.4. The van der Waals surface area contributed by atoms with Crippen LogP contribution in [0.5, 0.6) is 0 Å². The molecule has 0 aliphatic heterocycles. The van der Waals surface area contributed by atoms with Crippen molar-refractivity contribution >= 4 is 28.5 Å². The van der Waals surface area contributed by atoms with Crippen LogP contribution in [0.1, 0.15) is 27.8 Å². The van der Waals surface area contributed by atoms with E-state index in [1.807, 2.05) is 0 Å². The molecule has 1 heterocycles. The molecule has 25 heavy (non-hydrogen) atoms. The number of hydrogen-bond donors (Lipinski definition) is 1. The largest absolute Gasteiger partial charge is 0.462 e. The molecule has 6 heteroatoms. The Bertz CT molecular complexity index is 989. The van der Waals surface area contributed by atoms with E-state index in [1.165, 1.54) is 0 Å². The second-order valence-corrected chi connectivity index (χ2v) is 5.22. The fourth-order valence-corrected chi connectivity index (χ4v) is 2.31. The van der Waals surface area contributed by atoms with Gasteiger partial charge in [0.1, 0.15) is 5.58 Å². The van der Waals surface area contributed by atoms with Gasteiger partial charge in [-0.05, 0) is 43.3 Å². The highest BCUT2D eigenvalue weighted by Gasteiger charge is 2.13. The molecule has 6 nitrogen and oxygen atoms in total. The number of carbonyl (C=O) groups excluding carboxylic acids is 2. The summed E-state index contributed by atoms with van der Waals surface area (Å²) in [6.45, 7) is 2.02. The Hall–Kier alpha value is -3.41. The van der Waals surface area contributed by atoms with E-state index in [9.17, 15) is 14.4 Å². The average Bonchev–Trinajstić information content (AvgIpc) is 2.62. The van der Waals surface area contributed by atoms with Crippen LogP contribution in [0.25, 0.3) is 11.0 Å². The van der Waals surface area contributed by atoms with Gasteiger partial charge >= 0.3 is 5.97 Å². The van der Waals surface area contributed by atoms with Gasteiger partial charge in [-0.3, -0.25) is 9.59 Å². The van der Waals surface area contributed by atoms with E-state index < -0.39 is 11.9 Å². The summed E-state index contributed by atoms with van der Waals surface area (Å²) in [5.41, 5.74) is 0.911. The lowest BCUT2D eigenvalue weighted by molar-refractivity contribution is 0.0526. The van der Waals surface area contributed by atoms with Gasteiger partial charge in [0, 0.05) is 11.8 Å². The topological polar surface area (TPSA) is 85.6 Å². The van der Waals surface area contributed by atoms with E-state index in [-0.39, 0.29) is 17.8 Å². The van der Waals surface area contributed by atoms with E-state index in [0.29, 0.717) is 22.2 Å². The number of fused-ring (bicyclic) bond motifs is 1. The number of para-hydroxylation sites is 1. The van der Waals surface area contributed by atoms with Crippen LogP contribution < -0.4 is 10.7 Å². The summed E-state index contributed by atoms with van der Waals surface area (Å²) >= 11 is 0. The van der Waals surface area contributed by atoms with Gasteiger partial charge in [-0.25, -0.2) is 4.79 Å². The average molecular weight is 337 g/mol. The smallest absolute Gasteiger partial charge is 0.338 e. The third-order valence-corrected chi connectivity index (χ3v) is 3.51. The van der Waals surface area contributed by atoms with Crippen molar-refractivity contribution in [3.05, 3.63) is 76.1 Å². The van der Waals surface area contributed by atoms with E-state index in [4.69, 9.17) is 9.15 Å². The lowest BCUT2D eigenvalue weighted by Gasteiger charge is -2.06. The van der Waals surface area contributed by atoms with Crippen molar-refractivity contribution in [2.45, 2.75) is 6.92 Å². The molecule has 126 valence electrons. The maximum Gasteiger partial charge on any atom is 0.338 e. The first-order valence-corrected chi connectivity index (χ1v) is 7.70. The first-order valence-electron chi connectivity index (χ1n) is 7.70. The van der Waals surface area contributed by atoms with Gasteiger partial charge in [-0.2, -0.15) is 0 Å². The van der Waals surface area contributed by atoms with Gasteiger partial charge < -0.3 is 14.5 Å². The molecule has 0 saturated carbocycles. The second kappa shape index (κ2) is 7.00. The Morgan fingerprint density at radius 2 is 1.80 bits per heavy atom. The van der Waals surface area contributed by atoms with E-state index in [0.717, 1.165) is 6.07 Å². The summed E-state index contributed by atoms with van der Waals surface area (Å²) in [6, 6.07) is 14.1. The zero-order valence-corrected chi connectivity index (χ0v) is 13.4. The van der Waals surface area contributed by atoms with Crippen molar-refractivity contribution < 1.29 is 18.7 Å². The summed E-state index contributed by atoms with van der Waals surface area (Å²) in [7, 11) is 0. The number of benzene rings is 2. The molecule has 0 fully saturated rings. The molecule has 0 unspecified atom stereocenters. The number of anilines is 1. The molecular formula is C19H15NO5. The van der Waals surface area contributed by atoms with Crippen LogP contribution in [0, 0.1) is 0 Å². The SMILES string of the molecule is CCOC(=O)c1ccc(NC(=O)c2cc(=O)c3ccccc3o2)cc1. The van der Waals surface area contributed by atoms with Crippen molar-refractivity contribution in [2.24, 2.45) is 0 Å². The third-order valence-electron chi connectivity index (χ3n) is 3.51. The van der Waals surface area contributed by atoms with Gasteiger partial charge in [0.05, 0.1) is 17.6 Å². The first-order chi connectivity index (χ1) is 12.1. The Morgan fingerprint density at radius 1 is 1.08 bits per heavy atom. The summed E-state index contributed by atoms with van der Waals surface area (Å²) in [6.07, 6.45) is 0. The quantitative estimate of drug-likeness (QED) is 0.739. The minimum absolute atomic E-state index is 0.0850. The van der Waals surface area contributed by atoms with Gasteiger partial charge in [-0.15, -0.1) is 0 Å². The molecule has 1 N–H and O–H groups in total. The van der Waals surface area contributed by atoms with Crippen molar-refractivity contribution in [3.8, 4) is 0 Å². The molecule has 0 aliphatic carbocycles. The number of hydrogen-bond acceptors (Lipinski definition) is 5. The number of amides is 1. The highest BCUT2D eigenvalue weighted by molar-refractivity contribution is 6.03. The number of nitrogens with one attached hydrogen (secondary N) is 1. The monoisotopic (exact) mass is 337 g/mol. The molecule has 0 bridgehead atoms. The van der Waals surface area contributed by atoms with E-state index >= 15 is 0 Å². The van der Waals surface area contributed by atoms with Crippen molar-refractivity contribution in [1.82, 2.24) is 0 Å². The molecule has 0 radical (unpaired) electrons. The lowest BCUT2D eigenvalue weighted by Crippen LogP contribution is -2.15. The molecule has 1 aromatic heterocycles. The summed E-state index contributed by atoms with van der Waals surface area (Å²) in [4.78, 5) is 35.9. The van der Waals surface area contributed by atoms with Gasteiger partial charge in [0.25, 0.3) is 5.91 Å². The van der Waals surface area contributed by atoms with E-state index in [1.54, 1.807) is 55.5 Å².